The minimum absolute atomic E-state index is 0.0402. The SMILES string of the molecule is COc1cc(C=NNC(=O)c2ccc(OCc3ccc(C)cc3)cc2)ccc1O. The molecule has 0 aromatic heterocycles. The summed E-state index contributed by atoms with van der Waals surface area (Å²) in [5, 5.41) is 13.5. The summed E-state index contributed by atoms with van der Waals surface area (Å²) in [5.41, 5.74) is 5.90. The number of aryl methyl sites for hydroxylation is 1. The van der Waals surface area contributed by atoms with E-state index in [9.17, 15) is 9.90 Å². The van der Waals surface area contributed by atoms with Gasteiger partial charge in [-0.05, 0) is 60.5 Å². The molecule has 0 aliphatic heterocycles. The monoisotopic (exact) mass is 390 g/mol. The molecule has 3 aromatic carbocycles. The lowest BCUT2D eigenvalue weighted by Gasteiger charge is -2.07. The first-order valence-corrected chi connectivity index (χ1v) is 9.04. The Morgan fingerprint density at radius 2 is 1.79 bits per heavy atom. The number of phenolic OH excluding ortho intramolecular Hbond substituents is 1. The second kappa shape index (κ2) is 9.41. The second-order valence-electron chi connectivity index (χ2n) is 6.43. The minimum atomic E-state index is -0.336. The van der Waals surface area contributed by atoms with E-state index >= 15 is 0 Å². The van der Waals surface area contributed by atoms with E-state index in [4.69, 9.17) is 9.47 Å². The van der Waals surface area contributed by atoms with Crippen molar-refractivity contribution < 1.29 is 19.4 Å². The van der Waals surface area contributed by atoms with E-state index in [1.807, 2.05) is 31.2 Å². The van der Waals surface area contributed by atoms with Crippen LogP contribution in [0.3, 0.4) is 0 Å². The number of carbonyl (C=O) groups is 1. The van der Waals surface area contributed by atoms with Crippen molar-refractivity contribution in [2.75, 3.05) is 7.11 Å². The molecule has 3 aromatic rings. The maximum Gasteiger partial charge on any atom is 0.271 e. The lowest BCUT2D eigenvalue weighted by molar-refractivity contribution is 0.0955. The molecule has 0 fully saturated rings. The lowest BCUT2D eigenvalue weighted by atomic mass is 10.2. The maximum absolute atomic E-state index is 12.2. The number of nitrogens with one attached hydrogen (secondary N) is 1. The molecule has 0 saturated carbocycles. The van der Waals surface area contributed by atoms with Gasteiger partial charge in [-0.3, -0.25) is 4.79 Å². The summed E-state index contributed by atoms with van der Waals surface area (Å²) in [6.07, 6.45) is 1.47. The fourth-order valence-corrected chi connectivity index (χ4v) is 2.56. The van der Waals surface area contributed by atoms with Gasteiger partial charge in [0.1, 0.15) is 12.4 Å². The van der Waals surface area contributed by atoms with Gasteiger partial charge in [0.05, 0.1) is 13.3 Å². The van der Waals surface area contributed by atoms with Crippen molar-refractivity contribution >= 4 is 12.1 Å². The molecule has 6 heteroatoms. The number of ether oxygens (including phenoxy) is 2. The zero-order valence-corrected chi connectivity index (χ0v) is 16.3. The van der Waals surface area contributed by atoms with Gasteiger partial charge in [0, 0.05) is 5.56 Å². The summed E-state index contributed by atoms with van der Waals surface area (Å²) in [6.45, 7) is 2.51. The van der Waals surface area contributed by atoms with Crippen LogP contribution >= 0.6 is 0 Å². The predicted molar refractivity (Wildman–Crippen MR) is 112 cm³/mol. The van der Waals surface area contributed by atoms with Gasteiger partial charge in [-0.1, -0.05) is 29.8 Å². The number of rotatable bonds is 7. The number of methoxy groups -OCH3 is 1. The van der Waals surface area contributed by atoms with Crippen LogP contribution in [0.15, 0.2) is 71.8 Å². The zero-order chi connectivity index (χ0) is 20.6. The fourth-order valence-electron chi connectivity index (χ4n) is 2.56. The van der Waals surface area contributed by atoms with Gasteiger partial charge in [0.15, 0.2) is 11.5 Å². The molecule has 0 bridgehead atoms. The summed E-state index contributed by atoms with van der Waals surface area (Å²) in [4.78, 5) is 12.2. The highest BCUT2D eigenvalue weighted by Crippen LogP contribution is 2.25. The Morgan fingerprint density at radius 1 is 1.07 bits per heavy atom. The maximum atomic E-state index is 12.2. The van der Waals surface area contributed by atoms with Crippen molar-refractivity contribution in [3.05, 3.63) is 89.0 Å². The largest absolute Gasteiger partial charge is 0.504 e. The van der Waals surface area contributed by atoms with E-state index in [1.54, 1.807) is 36.4 Å². The first-order valence-electron chi connectivity index (χ1n) is 9.04. The first-order chi connectivity index (χ1) is 14.0. The van der Waals surface area contributed by atoms with Crippen LogP contribution in [0.5, 0.6) is 17.2 Å². The molecule has 0 saturated heterocycles. The second-order valence-corrected chi connectivity index (χ2v) is 6.43. The van der Waals surface area contributed by atoms with Crippen molar-refractivity contribution in [2.24, 2.45) is 5.10 Å². The van der Waals surface area contributed by atoms with Crippen LogP contribution in [0.2, 0.25) is 0 Å². The van der Waals surface area contributed by atoms with Crippen molar-refractivity contribution in [2.45, 2.75) is 13.5 Å². The Kier molecular flexibility index (Phi) is 6.47. The van der Waals surface area contributed by atoms with Crippen LogP contribution < -0.4 is 14.9 Å². The third kappa shape index (κ3) is 5.59. The van der Waals surface area contributed by atoms with Crippen LogP contribution in [0, 0.1) is 6.92 Å². The molecular formula is C23H22N2O4. The summed E-state index contributed by atoms with van der Waals surface area (Å²) < 4.78 is 10.8. The van der Waals surface area contributed by atoms with Gasteiger partial charge in [-0.15, -0.1) is 0 Å². The molecule has 2 N–H and O–H groups in total. The molecule has 0 atom stereocenters. The quantitative estimate of drug-likeness (QED) is 0.471. The van der Waals surface area contributed by atoms with Crippen LogP contribution in [-0.2, 0) is 6.61 Å². The molecule has 0 radical (unpaired) electrons. The number of carbonyl (C=O) groups excluding carboxylic acids is 1. The highest BCUT2D eigenvalue weighted by molar-refractivity contribution is 5.95. The summed E-state index contributed by atoms with van der Waals surface area (Å²) in [5.74, 6) is 0.721. The topological polar surface area (TPSA) is 80.2 Å². The van der Waals surface area contributed by atoms with Gasteiger partial charge in [0.2, 0.25) is 0 Å². The van der Waals surface area contributed by atoms with Crippen LogP contribution in [0.4, 0.5) is 0 Å². The molecule has 0 aliphatic carbocycles. The zero-order valence-electron chi connectivity index (χ0n) is 16.3. The van der Waals surface area contributed by atoms with Gasteiger partial charge >= 0.3 is 0 Å². The van der Waals surface area contributed by atoms with E-state index in [2.05, 4.69) is 10.5 Å². The van der Waals surface area contributed by atoms with Crippen molar-refractivity contribution in [3.63, 3.8) is 0 Å². The average Bonchev–Trinajstić information content (AvgIpc) is 2.75. The number of phenols is 1. The van der Waals surface area contributed by atoms with Gasteiger partial charge in [0.25, 0.3) is 5.91 Å². The smallest absolute Gasteiger partial charge is 0.271 e. The van der Waals surface area contributed by atoms with Gasteiger partial charge in [-0.25, -0.2) is 5.43 Å². The Morgan fingerprint density at radius 3 is 2.48 bits per heavy atom. The first kappa shape index (κ1) is 19.9. The Bertz CT molecular complexity index is 996. The van der Waals surface area contributed by atoms with Crippen molar-refractivity contribution in [1.82, 2.24) is 5.43 Å². The number of hydrogen-bond acceptors (Lipinski definition) is 5. The van der Waals surface area contributed by atoms with E-state index < -0.39 is 0 Å². The standard InChI is InChI=1S/C23H22N2O4/c1-16-3-5-17(6-4-16)15-29-20-10-8-19(9-11-20)23(27)25-24-14-18-7-12-21(26)22(13-18)28-2/h3-14,26H,15H2,1-2H3,(H,25,27). The molecule has 0 unspecified atom stereocenters. The average molecular weight is 390 g/mol. The summed E-state index contributed by atoms with van der Waals surface area (Å²) in [6, 6.07) is 19.8. The Labute approximate surface area is 169 Å². The van der Waals surface area contributed by atoms with E-state index in [-0.39, 0.29) is 11.7 Å². The number of nitrogens with zero attached hydrogens (tertiary/aromatic N) is 1. The Hall–Kier alpha value is -3.80. The number of hydrogen-bond donors (Lipinski definition) is 2. The normalized spacial score (nSPS) is 10.7. The van der Waals surface area contributed by atoms with Crippen LogP contribution in [-0.4, -0.2) is 24.3 Å². The minimum Gasteiger partial charge on any atom is -0.504 e. The predicted octanol–water partition coefficient (Wildman–Crippen LogP) is 4.05. The third-order valence-corrected chi connectivity index (χ3v) is 4.23. The summed E-state index contributed by atoms with van der Waals surface area (Å²) >= 11 is 0. The van der Waals surface area contributed by atoms with Gasteiger partial charge < -0.3 is 14.6 Å². The molecule has 0 aliphatic rings. The molecule has 3 rings (SSSR count). The van der Waals surface area contributed by atoms with Crippen LogP contribution in [0.25, 0.3) is 0 Å². The van der Waals surface area contributed by atoms with E-state index in [0.29, 0.717) is 29.2 Å². The van der Waals surface area contributed by atoms with Crippen molar-refractivity contribution in [1.29, 1.82) is 0 Å². The van der Waals surface area contributed by atoms with E-state index in [1.165, 1.54) is 25.0 Å². The molecule has 148 valence electrons. The van der Waals surface area contributed by atoms with Crippen molar-refractivity contribution in [3.8, 4) is 17.2 Å². The molecule has 0 spiro atoms. The number of aromatic hydroxyl groups is 1. The molecular weight excluding hydrogens is 368 g/mol. The van der Waals surface area contributed by atoms with Gasteiger partial charge in [-0.2, -0.15) is 5.10 Å². The molecule has 0 heterocycles. The fraction of sp³-hybridized carbons (Fsp3) is 0.130. The van der Waals surface area contributed by atoms with E-state index in [0.717, 1.165) is 5.56 Å². The molecule has 29 heavy (non-hydrogen) atoms. The highest BCUT2D eigenvalue weighted by Gasteiger charge is 2.05. The lowest BCUT2D eigenvalue weighted by Crippen LogP contribution is -2.17. The molecule has 6 nitrogen and oxygen atoms in total. The number of hydrazone groups is 1. The highest BCUT2D eigenvalue weighted by atomic mass is 16.5. The summed E-state index contributed by atoms with van der Waals surface area (Å²) in [7, 11) is 1.46. The number of benzene rings is 3. The van der Waals surface area contributed by atoms with Crippen LogP contribution in [0.1, 0.15) is 27.0 Å². The number of amides is 1. The third-order valence-electron chi connectivity index (χ3n) is 4.23. The molecule has 1 amide bonds. The Balaban J connectivity index is 1.54.